The number of nitrogens with zero attached hydrogens (tertiary/aromatic N) is 3. The molecule has 1 heterocycles. The Hall–Kier alpha value is -5.65. The number of rotatable bonds is 9. The maximum atomic E-state index is 12.8. The lowest BCUT2D eigenvalue weighted by molar-refractivity contribution is -0.105. The van der Waals surface area contributed by atoms with Crippen LogP contribution in [0.25, 0.3) is 0 Å². The van der Waals surface area contributed by atoms with Gasteiger partial charge in [-0.3, -0.25) is 14.9 Å². The van der Waals surface area contributed by atoms with E-state index in [9.17, 15) is 27.6 Å². The van der Waals surface area contributed by atoms with E-state index in [0.29, 0.717) is 6.41 Å². The van der Waals surface area contributed by atoms with Gasteiger partial charge in [0.15, 0.2) is 0 Å². The van der Waals surface area contributed by atoms with Crippen LogP contribution in [-0.2, 0) is 14.8 Å². The van der Waals surface area contributed by atoms with Crippen LogP contribution >= 0.6 is 0 Å². The fourth-order valence-electron chi connectivity index (χ4n) is 3.01. The Kier molecular flexibility index (Phi) is 10.9. The number of anilines is 2. The predicted octanol–water partition coefficient (Wildman–Crippen LogP) is 1.07. The second-order valence-corrected chi connectivity index (χ2v) is 9.70. The second-order valence-electron chi connectivity index (χ2n) is 8.05. The molecule has 18 heteroatoms. The Morgan fingerprint density at radius 2 is 1.50 bits per heavy atom. The Bertz CT molecular complexity index is 1550. The summed E-state index contributed by atoms with van der Waals surface area (Å²) in [4.78, 5) is 54.0. The highest BCUT2D eigenvalue weighted by molar-refractivity contribution is 7.90. The first-order valence-electron chi connectivity index (χ1n) is 11.3. The standard InChI is InChI=1S/C17H20N6O7S.C7H6O4/c1-23(2)15(25)11-6-5-10(18-9-24)7-12(11)31(27,28)22-17(26)21-16-19-13(29-3)8-14(20-16)30-4;8-5-1-4(7(10)11)2-6(9)3-5/h5-9H,1-4H3,(H,18,24)(H2,19,20,21,22,26);1-3,8-9H,(H,10,11). The smallest absolute Gasteiger partial charge is 0.335 e. The summed E-state index contributed by atoms with van der Waals surface area (Å²) in [5.74, 6) is -2.49. The summed E-state index contributed by atoms with van der Waals surface area (Å²) in [6.45, 7) is 0. The maximum Gasteiger partial charge on any atom is 0.335 e. The SMILES string of the molecule is COc1cc(OC)nc(NC(=O)NS(=O)(=O)c2cc(NC=O)ccc2C(=O)N(C)C)n1.O=C(O)c1cc(O)cc(O)c1. The van der Waals surface area contributed by atoms with Gasteiger partial charge in [0.2, 0.25) is 24.1 Å². The van der Waals surface area contributed by atoms with Gasteiger partial charge >= 0.3 is 12.0 Å². The number of aromatic nitrogens is 2. The largest absolute Gasteiger partial charge is 0.508 e. The zero-order valence-corrected chi connectivity index (χ0v) is 23.3. The van der Waals surface area contributed by atoms with Crippen LogP contribution in [0.2, 0.25) is 0 Å². The highest BCUT2D eigenvalue weighted by Crippen LogP contribution is 2.23. The minimum atomic E-state index is -4.54. The number of sulfonamides is 1. The second kappa shape index (κ2) is 14.1. The van der Waals surface area contributed by atoms with Crippen molar-refractivity contribution in [3.8, 4) is 23.3 Å². The summed E-state index contributed by atoms with van der Waals surface area (Å²) in [5, 5.41) is 30.5. The number of carboxylic acids is 1. The third-order valence-corrected chi connectivity index (χ3v) is 6.20. The van der Waals surface area contributed by atoms with Crippen LogP contribution in [-0.4, -0.2) is 91.2 Å². The van der Waals surface area contributed by atoms with E-state index in [1.807, 2.05) is 0 Å². The molecular formula is C24H26N6O11S. The average molecular weight is 607 g/mol. The van der Waals surface area contributed by atoms with Gasteiger partial charge < -0.3 is 35.0 Å². The summed E-state index contributed by atoms with van der Waals surface area (Å²) in [6, 6.07) is 6.94. The van der Waals surface area contributed by atoms with Crippen LogP contribution in [0.5, 0.6) is 23.3 Å². The number of hydrogen-bond donors (Lipinski definition) is 6. The molecule has 3 aromatic rings. The van der Waals surface area contributed by atoms with Gasteiger partial charge in [-0.1, -0.05) is 0 Å². The molecule has 6 N–H and O–H groups in total. The molecule has 1 aromatic heterocycles. The van der Waals surface area contributed by atoms with Crippen LogP contribution in [0, 0.1) is 0 Å². The fraction of sp³-hybridized carbons (Fsp3) is 0.167. The average Bonchev–Trinajstić information content (AvgIpc) is 2.91. The Balaban J connectivity index is 0.000000468. The van der Waals surface area contributed by atoms with Gasteiger partial charge in [0.1, 0.15) is 16.4 Å². The molecule has 0 radical (unpaired) electrons. The number of benzene rings is 2. The van der Waals surface area contributed by atoms with E-state index in [1.165, 1.54) is 46.5 Å². The summed E-state index contributed by atoms with van der Waals surface area (Å²) in [6.07, 6.45) is 0.340. The highest BCUT2D eigenvalue weighted by atomic mass is 32.2. The molecule has 0 unspecified atom stereocenters. The normalized spacial score (nSPS) is 10.3. The number of nitrogens with one attached hydrogen (secondary N) is 3. The van der Waals surface area contributed by atoms with Crippen molar-refractivity contribution in [1.82, 2.24) is 19.6 Å². The van der Waals surface area contributed by atoms with Gasteiger partial charge in [-0.2, -0.15) is 9.97 Å². The van der Waals surface area contributed by atoms with Crippen molar-refractivity contribution in [2.45, 2.75) is 4.90 Å². The third-order valence-electron chi connectivity index (χ3n) is 4.83. The summed E-state index contributed by atoms with van der Waals surface area (Å²) in [7, 11) is 0.991. The molecule has 0 saturated carbocycles. The number of hydrogen-bond acceptors (Lipinski definition) is 12. The molecule has 2 aromatic carbocycles. The Morgan fingerprint density at radius 3 is 1.98 bits per heavy atom. The first kappa shape index (κ1) is 32.6. The molecule has 17 nitrogen and oxygen atoms in total. The fourth-order valence-corrected chi connectivity index (χ4v) is 4.14. The Labute approximate surface area is 238 Å². The number of aromatic hydroxyl groups is 2. The van der Waals surface area contributed by atoms with Gasteiger partial charge in [0, 0.05) is 25.8 Å². The number of phenols is 2. The number of phenolic OH excluding ortho intramolecular Hbond substituents is 2. The number of aromatic carboxylic acids is 1. The van der Waals surface area contributed by atoms with Crippen molar-refractivity contribution >= 4 is 46.0 Å². The highest BCUT2D eigenvalue weighted by Gasteiger charge is 2.26. The molecule has 0 saturated heterocycles. The molecule has 0 atom stereocenters. The molecule has 224 valence electrons. The summed E-state index contributed by atoms with van der Waals surface area (Å²) in [5.41, 5.74) is -0.240. The quantitative estimate of drug-likeness (QED) is 0.187. The van der Waals surface area contributed by atoms with E-state index in [-0.39, 0.29) is 46.0 Å². The number of ether oxygens (including phenoxy) is 2. The lowest BCUT2D eigenvalue weighted by Crippen LogP contribution is -2.36. The van der Waals surface area contributed by atoms with Crippen molar-refractivity contribution in [2.24, 2.45) is 0 Å². The first-order valence-corrected chi connectivity index (χ1v) is 12.8. The van der Waals surface area contributed by atoms with Gasteiger partial charge in [0.25, 0.3) is 15.9 Å². The van der Waals surface area contributed by atoms with Crippen molar-refractivity contribution in [3.05, 3.63) is 53.6 Å². The van der Waals surface area contributed by atoms with Gasteiger partial charge in [0.05, 0.1) is 31.4 Å². The molecule has 42 heavy (non-hydrogen) atoms. The van der Waals surface area contributed by atoms with Crippen LogP contribution in [0.3, 0.4) is 0 Å². The van der Waals surface area contributed by atoms with E-state index >= 15 is 0 Å². The van der Waals surface area contributed by atoms with Crippen LogP contribution in [0.4, 0.5) is 16.4 Å². The predicted molar refractivity (Wildman–Crippen MR) is 145 cm³/mol. The van der Waals surface area contributed by atoms with Crippen molar-refractivity contribution < 1.29 is 52.4 Å². The molecule has 3 rings (SSSR count). The molecule has 0 aliphatic carbocycles. The number of amides is 4. The molecule has 0 fully saturated rings. The number of methoxy groups -OCH3 is 2. The van der Waals surface area contributed by atoms with E-state index < -0.39 is 32.8 Å². The van der Waals surface area contributed by atoms with Gasteiger partial charge in [-0.15, -0.1) is 0 Å². The number of carboxylic acid groups (broad SMARTS) is 1. The van der Waals surface area contributed by atoms with Gasteiger partial charge in [-0.05, 0) is 30.3 Å². The number of carbonyl (C=O) groups is 4. The lowest BCUT2D eigenvalue weighted by atomic mass is 10.2. The minimum absolute atomic E-state index is 0.0662. The van der Waals surface area contributed by atoms with Crippen LogP contribution in [0.1, 0.15) is 20.7 Å². The Morgan fingerprint density at radius 1 is 0.929 bits per heavy atom. The topological polar surface area (TPSA) is 247 Å². The van der Waals surface area contributed by atoms with E-state index in [2.05, 4.69) is 20.6 Å². The molecule has 0 aliphatic heterocycles. The van der Waals surface area contributed by atoms with Crippen molar-refractivity contribution in [2.75, 3.05) is 38.9 Å². The van der Waals surface area contributed by atoms with Gasteiger partial charge in [-0.25, -0.2) is 22.7 Å². The number of carbonyl (C=O) groups excluding carboxylic acids is 3. The lowest BCUT2D eigenvalue weighted by Gasteiger charge is -2.16. The molecule has 0 spiro atoms. The van der Waals surface area contributed by atoms with Crippen LogP contribution in [0.15, 0.2) is 47.4 Å². The molecule has 4 amide bonds. The van der Waals surface area contributed by atoms with E-state index in [1.54, 1.807) is 4.72 Å². The zero-order valence-electron chi connectivity index (χ0n) is 22.5. The number of urea groups is 1. The zero-order chi connectivity index (χ0) is 31.6. The maximum absolute atomic E-state index is 12.8. The molecule has 0 aliphatic rings. The van der Waals surface area contributed by atoms with Crippen molar-refractivity contribution in [3.63, 3.8) is 0 Å². The first-order chi connectivity index (χ1) is 19.7. The van der Waals surface area contributed by atoms with Crippen molar-refractivity contribution in [1.29, 1.82) is 0 Å². The third kappa shape index (κ3) is 8.95. The molecular weight excluding hydrogens is 580 g/mol. The van der Waals surface area contributed by atoms with E-state index in [4.69, 9.17) is 24.8 Å². The summed E-state index contributed by atoms with van der Waals surface area (Å²) >= 11 is 0. The monoisotopic (exact) mass is 606 g/mol. The minimum Gasteiger partial charge on any atom is -0.508 e. The molecule has 0 bridgehead atoms. The van der Waals surface area contributed by atoms with Crippen LogP contribution < -0.4 is 24.8 Å². The van der Waals surface area contributed by atoms with E-state index in [0.717, 1.165) is 29.2 Å². The summed E-state index contributed by atoms with van der Waals surface area (Å²) < 4.78 is 37.3.